The van der Waals surface area contributed by atoms with E-state index >= 15 is 0 Å². The van der Waals surface area contributed by atoms with Gasteiger partial charge in [0.05, 0.1) is 11.0 Å². The van der Waals surface area contributed by atoms with Gasteiger partial charge in [-0.25, -0.2) is 4.98 Å². The smallest absolute Gasteiger partial charge is 0.224 e. The van der Waals surface area contributed by atoms with Crippen molar-refractivity contribution < 1.29 is 4.79 Å². The zero-order valence-corrected chi connectivity index (χ0v) is 14.3. The van der Waals surface area contributed by atoms with Gasteiger partial charge in [0.15, 0.2) is 0 Å². The minimum absolute atomic E-state index is 0.00441. The number of nitrogens with one attached hydrogen (secondary N) is 2. The molecule has 0 bridgehead atoms. The Morgan fingerprint density at radius 3 is 2.86 bits per heavy atom. The number of halogens is 1. The van der Waals surface area contributed by atoms with Gasteiger partial charge >= 0.3 is 0 Å². The van der Waals surface area contributed by atoms with Crippen molar-refractivity contribution in [2.24, 2.45) is 0 Å². The first-order chi connectivity index (χ1) is 10.6. The Morgan fingerprint density at radius 1 is 1.27 bits per heavy atom. The molecule has 0 aliphatic carbocycles. The van der Waals surface area contributed by atoms with Gasteiger partial charge in [-0.1, -0.05) is 12.1 Å². The number of benzene rings is 2. The van der Waals surface area contributed by atoms with Gasteiger partial charge in [-0.15, -0.1) is 0 Å². The third-order valence-corrected chi connectivity index (χ3v) is 4.16. The van der Waals surface area contributed by atoms with E-state index in [4.69, 9.17) is 0 Å². The number of carbonyl (C=O) groups excluding carboxylic acids is 1. The van der Waals surface area contributed by atoms with Gasteiger partial charge in [-0.3, -0.25) is 4.79 Å². The molecule has 0 saturated carbocycles. The number of fused-ring (bicyclic) bond motifs is 1. The first kappa shape index (κ1) is 15.0. The van der Waals surface area contributed by atoms with Gasteiger partial charge < -0.3 is 10.3 Å². The molecule has 4 nitrogen and oxygen atoms in total. The van der Waals surface area contributed by atoms with Crippen LogP contribution in [0.2, 0.25) is 0 Å². The van der Waals surface area contributed by atoms with Gasteiger partial charge in [0.25, 0.3) is 0 Å². The summed E-state index contributed by atoms with van der Waals surface area (Å²) in [6, 6.07) is 13.9. The Kier molecular flexibility index (Phi) is 4.42. The van der Waals surface area contributed by atoms with E-state index in [1.165, 1.54) is 0 Å². The summed E-state index contributed by atoms with van der Waals surface area (Å²) in [5, 5.41) is 2.96. The van der Waals surface area contributed by atoms with E-state index in [1.54, 1.807) is 0 Å². The van der Waals surface area contributed by atoms with Gasteiger partial charge in [-0.2, -0.15) is 0 Å². The van der Waals surface area contributed by atoms with Crippen molar-refractivity contribution in [2.75, 3.05) is 5.32 Å². The molecule has 0 aliphatic rings. The minimum atomic E-state index is 0.00441. The molecule has 0 radical (unpaired) electrons. The summed E-state index contributed by atoms with van der Waals surface area (Å²) in [5.74, 6) is 0.848. The minimum Gasteiger partial charge on any atom is -0.342 e. The van der Waals surface area contributed by atoms with Crippen molar-refractivity contribution in [2.45, 2.75) is 19.8 Å². The molecule has 0 aliphatic heterocycles. The number of aromatic nitrogens is 2. The predicted molar refractivity (Wildman–Crippen MR) is 96.9 cm³/mol. The molecule has 0 atom stereocenters. The number of para-hydroxylation sites is 2. The second kappa shape index (κ2) is 6.48. The maximum atomic E-state index is 12.1. The third-order valence-electron chi connectivity index (χ3n) is 3.49. The maximum absolute atomic E-state index is 12.1. The van der Waals surface area contributed by atoms with Crippen LogP contribution in [-0.2, 0) is 11.2 Å². The number of anilines is 1. The highest BCUT2D eigenvalue weighted by Gasteiger charge is 2.08. The molecular weight excluding hydrogens is 389 g/mol. The van der Waals surface area contributed by atoms with Crippen LogP contribution in [0.4, 0.5) is 5.69 Å². The number of carbonyl (C=O) groups is 1. The standard InChI is InChI=1S/C17H16IN3O/c1-11-10-12(18)6-7-13(11)21-17(22)9-8-16-19-14-4-2-3-5-15(14)20-16/h2-7,10H,8-9H2,1H3,(H,19,20)(H,21,22). The summed E-state index contributed by atoms with van der Waals surface area (Å²) in [7, 11) is 0. The second-order valence-electron chi connectivity index (χ2n) is 5.21. The van der Waals surface area contributed by atoms with Gasteiger partial charge in [0.1, 0.15) is 5.82 Å². The topological polar surface area (TPSA) is 57.8 Å². The van der Waals surface area contributed by atoms with E-state index in [1.807, 2.05) is 43.3 Å². The van der Waals surface area contributed by atoms with Crippen molar-refractivity contribution in [3.05, 3.63) is 57.4 Å². The first-order valence-corrected chi connectivity index (χ1v) is 8.19. The lowest BCUT2D eigenvalue weighted by atomic mass is 10.2. The van der Waals surface area contributed by atoms with Crippen LogP contribution in [0.3, 0.4) is 0 Å². The molecule has 2 N–H and O–H groups in total. The highest BCUT2D eigenvalue weighted by atomic mass is 127. The van der Waals surface area contributed by atoms with E-state index in [-0.39, 0.29) is 5.91 Å². The van der Waals surface area contributed by atoms with Crippen LogP contribution in [-0.4, -0.2) is 15.9 Å². The summed E-state index contributed by atoms with van der Waals surface area (Å²) in [5.41, 5.74) is 3.89. The van der Waals surface area contributed by atoms with Crippen LogP contribution < -0.4 is 5.32 Å². The van der Waals surface area contributed by atoms with Crippen molar-refractivity contribution in [3.63, 3.8) is 0 Å². The molecule has 0 unspecified atom stereocenters. The van der Waals surface area contributed by atoms with E-state index < -0.39 is 0 Å². The van der Waals surface area contributed by atoms with Crippen molar-refractivity contribution in [1.29, 1.82) is 0 Å². The van der Waals surface area contributed by atoms with Crippen LogP contribution in [0.25, 0.3) is 11.0 Å². The number of hydrogen-bond donors (Lipinski definition) is 2. The number of H-pyrrole nitrogens is 1. The summed E-state index contributed by atoms with van der Waals surface area (Å²) >= 11 is 2.26. The Balaban J connectivity index is 1.62. The second-order valence-corrected chi connectivity index (χ2v) is 6.45. The lowest BCUT2D eigenvalue weighted by Gasteiger charge is -2.08. The Hall–Kier alpha value is -1.89. The first-order valence-electron chi connectivity index (χ1n) is 7.11. The number of imidazole rings is 1. The van der Waals surface area contributed by atoms with Crippen molar-refractivity contribution in [1.82, 2.24) is 9.97 Å². The fourth-order valence-electron chi connectivity index (χ4n) is 2.34. The molecule has 2 aromatic carbocycles. The quantitative estimate of drug-likeness (QED) is 0.644. The summed E-state index contributed by atoms with van der Waals surface area (Å²) in [6.07, 6.45) is 1.01. The number of aryl methyl sites for hydroxylation is 2. The van der Waals surface area contributed by atoms with E-state index in [0.29, 0.717) is 12.8 Å². The SMILES string of the molecule is Cc1cc(I)ccc1NC(=O)CCc1nc2ccccc2[nH]1. The monoisotopic (exact) mass is 405 g/mol. The Labute approximate surface area is 142 Å². The average molecular weight is 405 g/mol. The molecule has 1 amide bonds. The molecular formula is C17H16IN3O. The fourth-order valence-corrected chi connectivity index (χ4v) is 2.98. The van der Waals surface area contributed by atoms with Gasteiger partial charge in [0, 0.05) is 22.1 Å². The molecule has 5 heteroatoms. The van der Waals surface area contributed by atoms with Crippen LogP contribution >= 0.6 is 22.6 Å². The Bertz CT molecular complexity index is 793. The lowest BCUT2D eigenvalue weighted by Crippen LogP contribution is -2.13. The number of hydrogen-bond acceptors (Lipinski definition) is 2. The highest BCUT2D eigenvalue weighted by molar-refractivity contribution is 14.1. The zero-order valence-electron chi connectivity index (χ0n) is 12.2. The molecule has 1 aromatic heterocycles. The largest absolute Gasteiger partial charge is 0.342 e. The highest BCUT2D eigenvalue weighted by Crippen LogP contribution is 2.18. The van der Waals surface area contributed by atoms with E-state index in [0.717, 1.165) is 31.7 Å². The van der Waals surface area contributed by atoms with Crippen molar-refractivity contribution >= 4 is 45.2 Å². The van der Waals surface area contributed by atoms with E-state index in [2.05, 4.69) is 43.9 Å². The molecule has 112 valence electrons. The van der Waals surface area contributed by atoms with E-state index in [9.17, 15) is 4.79 Å². The van der Waals surface area contributed by atoms with Crippen LogP contribution in [0, 0.1) is 10.5 Å². The summed E-state index contributed by atoms with van der Waals surface area (Å²) in [6.45, 7) is 2.00. The van der Waals surface area contributed by atoms with Gasteiger partial charge in [-0.05, 0) is 65.4 Å². The molecule has 22 heavy (non-hydrogen) atoms. The molecule has 3 rings (SSSR count). The number of amides is 1. The molecule has 1 heterocycles. The number of rotatable bonds is 4. The molecule has 0 spiro atoms. The summed E-state index contributed by atoms with van der Waals surface area (Å²) < 4.78 is 1.16. The van der Waals surface area contributed by atoms with Crippen LogP contribution in [0.5, 0.6) is 0 Å². The molecule has 3 aromatic rings. The van der Waals surface area contributed by atoms with Crippen molar-refractivity contribution in [3.8, 4) is 0 Å². The summed E-state index contributed by atoms with van der Waals surface area (Å²) in [4.78, 5) is 19.8. The lowest BCUT2D eigenvalue weighted by molar-refractivity contribution is -0.116. The average Bonchev–Trinajstić information content (AvgIpc) is 2.91. The Morgan fingerprint density at radius 2 is 2.09 bits per heavy atom. The van der Waals surface area contributed by atoms with Gasteiger partial charge in [0.2, 0.25) is 5.91 Å². The van der Waals surface area contributed by atoms with Crippen LogP contribution in [0.1, 0.15) is 17.8 Å². The number of nitrogens with zero attached hydrogens (tertiary/aromatic N) is 1. The van der Waals surface area contributed by atoms with Crippen LogP contribution in [0.15, 0.2) is 42.5 Å². The predicted octanol–water partition coefficient (Wildman–Crippen LogP) is 4.05. The molecule has 0 fully saturated rings. The fraction of sp³-hybridized carbons (Fsp3) is 0.176. The zero-order chi connectivity index (χ0) is 15.5. The molecule has 0 saturated heterocycles. The third kappa shape index (κ3) is 3.47. The maximum Gasteiger partial charge on any atom is 0.224 e. The normalized spacial score (nSPS) is 10.8. The number of aromatic amines is 1.